The topological polar surface area (TPSA) is 59.4 Å². The zero-order chi connectivity index (χ0) is 21.5. The van der Waals surface area contributed by atoms with E-state index in [-0.39, 0.29) is 12.3 Å². The smallest absolute Gasteiger partial charge is 0.303 e. The van der Waals surface area contributed by atoms with Crippen molar-refractivity contribution in [2.75, 3.05) is 0 Å². The number of carboxylic acid groups (broad SMARTS) is 1. The van der Waals surface area contributed by atoms with Gasteiger partial charge in [0.25, 0.3) is 0 Å². The number of hydrogen-bond donors (Lipinski definition) is 1. The lowest BCUT2D eigenvalue weighted by atomic mass is 9.94. The maximum absolute atomic E-state index is 11.2. The molecule has 1 heterocycles. The lowest BCUT2D eigenvalue weighted by Crippen LogP contribution is -2.24. The van der Waals surface area contributed by atoms with Gasteiger partial charge in [0.15, 0.2) is 0 Å². The highest BCUT2D eigenvalue weighted by atomic mass is 35.5. The molecule has 4 nitrogen and oxygen atoms in total. The minimum absolute atomic E-state index is 0.120. The van der Waals surface area contributed by atoms with E-state index in [0.717, 1.165) is 52.4 Å². The molecule has 2 aromatic carbocycles. The number of aliphatic carboxylic acids is 1. The monoisotopic (exact) mass is 453 g/mol. The van der Waals surface area contributed by atoms with Crippen molar-refractivity contribution in [3.63, 3.8) is 0 Å². The molecule has 1 saturated carbocycles. The Balaban J connectivity index is 1.40. The Morgan fingerprint density at radius 3 is 2.81 bits per heavy atom. The van der Waals surface area contributed by atoms with Gasteiger partial charge in [-0.1, -0.05) is 23.7 Å². The van der Waals surface area contributed by atoms with Gasteiger partial charge in [0.2, 0.25) is 0 Å². The largest absolute Gasteiger partial charge is 0.489 e. The van der Waals surface area contributed by atoms with Crippen molar-refractivity contribution in [2.24, 2.45) is 0 Å². The van der Waals surface area contributed by atoms with Crippen LogP contribution in [0.2, 0.25) is 5.02 Å². The van der Waals surface area contributed by atoms with Crippen molar-refractivity contribution in [1.29, 1.82) is 0 Å². The van der Waals surface area contributed by atoms with Gasteiger partial charge in [0.1, 0.15) is 10.8 Å². The van der Waals surface area contributed by atoms with E-state index >= 15 is 0 Å². The van der Waals surface area contributed by atoms with Crippen LogP contribution < -0.4 is 4.74 Å². The molecule has 2 aliphatic rings. The molecule has 3 aromatic rings. The summed E-state index contributed by atoms with van der Waals surface area (Å²) < 4.78 is 5.96. The minimum Gasteiger partial charge on any atom is -0.489 e. The standard InChI is InChI=1S/C25H24ClNO3S/c1-14-18-7-5-15(12-24(28)29)20(18)9-8-19(14)25-27-13-23(31-25)16-6-10-22(21(26)11-16)30-17-3-2-4-17/h6,8-11,13,15,17H,2-5,7,12H2,1H3,(H,28,29). The average molecular weight is 454 g/mol. The van der Waals surface area contributed by atoms with Crippen LogP contribution in [0.15, 0.2) is 36.5 Å². The molecule has 1 fully saturated rings. The summed E-state index contributed by atoms with van der Waals surface area (Å²) in [4.78, 5) is 16.9. The molecule has 1 aromatic heterocycles. The van der Waals surface area contributed by atoms with Gasteiger partial charge < -0.3 is 9.84 Å². The zero-order valence-electron chi connectivity index (χ0n) is 17.4. The number of carboxylic acids is 1. The third-order valence-corrected chi connectivity index (χ3v) is 7.91. The highest BCUT2D eigenvalue weighted by molar-refractivity contribution is 7.18. The summed E-state index contributed by atoms with van der Waals surface area (Å²) in [6, 6.07) is 10.2. The molecule has 0 bridgehead atoms. The fourth-order valence-corrected chi connectivity index (χ4v) is 5.79. The van der Waals surface area contributed by atoms with Crippen LogP contribution in [-0.2, 0) is 11.2 Å². The summed E-state index contributed by atoms with van der Waals surface area (Å²) in [5, 5.41) is 10.8. The Labute approximate surface area is 190 Å². The molecule has 160 valence electrons. The van der Waals surface area contributed by atoms with Gasteiger partial charge in [-0.2, -0.15) is 0 Å². The Bertz CT molecular complexity index is 1150. The number of fused-ring (bicyclic) bond motifs is 1. The number of thiazole rings is 1. The molecule has 0 amide bonds. The van der Waals surface area contributed by atoms with Crippen molar-refractivity contribution in [1.82, 2.24) is 4.98 Å². The molecule has 1 N–H and O–H groups in total. The highest BCUT2D eigenvalue weighted by Gasteiger charge is 2.27. The maximum Gasteiger partial charge on any atom is 0.303 e. The number of halogens is 1. The fraction of sp³-hybridized carbons (Fsp3) is 0.360. The first-order valence-corrected chi connectivity index (χ1v) is 12.0. The molecule has 6 heteroatoms. The zero-order valence-corrected chi connectivity index (χ0v) is 18.9. The maximum atomic E-state index is 11.2. The average Bonchev–Trinajstić information content (AvgIpc) is 3.34. The van der Waals surface area contributed by atoms with Crippen molar-refractivity contribution < 1.29 is 14.6 Å². The van der Waals surface area contributed by atoms with Crippen LogP contribution in [0.5, 0.6) is 5.75 Å². The van der Waals surface area contributed by atoms with Crippen LogP contribution in [-0.4, -0.2) is 22.2 Å². The van der Waals surface area contributed by atoms with Gasteiger partial charge in [-0.15, -0.1) is 11.3 Å². The number of hydrogen-bond acceptors (Lipinski definition) is 4. The van der Waals surface area contributed by atoms with Crippen LogP contribution in [0.3, 0.4) is 0 Å². The Morgan fingerprint density at radius 1 is 1.26 bits per heavy atom. The third-order valence-electron chi connectivity index (χ3n) is 6.54. The lowest BCUT2D eigenvalue weighted by molar-refractivity contribution is -0.137. The summed E-state index contributed by atoms with van der Waals surface area (Å²) in [6.45, 7) is 2.13. The molecular weight excluding hydrogens is 430 g/mol. The van der Waals surface area contributed by atoms with E-state index in [1.165, 1.54) is 23.1 Å². The SMILES string of the molecule is Cc1c(-c2ncc(-c3ccc(OC4CCC4)c(Cl)c3)s2)ccc2c1CCC2CC(=O)O. The molecule has 0 saturated heterocycles. The first-order chi connectivity index (χ1) is 15.0. The van der Waals surface area contributed by atoms with Crippen molar-refractivity contribution >= 4 is 28.9 Å². The first-order valence-electron chi connectivity index (χ1n) is 10.8. The van der Waals surface area contributed by atoms with Crippen LogP contribution in [0, 0.1) is 6.92 Å². The van der Waals surface area contributed by atoms with Crippen molar-refractivity contribution in [3.05, 3.63) is 58.2 Å². The highest BCUT2D eigenvalue weighted by Crippen LogP contribution is 2.42. The molecule has 31 heavy (non-hydrogen) atoms. The van der Waals surface area contributed by atoms with E-state index < -0.39 is 5.97 Å². The summed E-state index contributed by atoms with van der Waals surface area (Å²) in [5.41, 5.74) is 5.86. The Hall–Kier alpha value is -2.37. The summed E-state index contributed by atoms with van der Waals surface area (Å²) >= 11 is 8.13. The Morgan fingerprint density at radius 2 is 2.10 bits per heavy atom. The summed E-state index contributed by atoms with van der Waals surface area (Å²) in [5.74, 6) is 0.145. The normalized spacial score (nSPS) is 17.9. The van der Waals surface area contributed by atoms with Crippen molar-refractivity contribution in [2.45, 2.75) is 57.5 Å². The molecule has 0 spiro atoms. The van der Waals surface area contributed by atoms with E-state index in [9.17, 15) is 9.90 Å². The van der Waals surface area contributed by atoms with Crippen LogP contribution >= 0.6 is 22.9 Å². The van der Waals surface area contributed by atoms with Gasteiger partial charge in [-0.05, 0) is 85.4 Å². The first kappa shape index (κ1) is 20.5. The number of nitrogens with zero attached hydrogens (tertiary/aromatic N) is 1. The molecule has 1 unspecified atom stereocenters. The molecule has 5 rings (SSSR count). The van der Waals surface area contributed by atoms with Gasteiger partial charge in [0, 0.05) is 11.8 Å². The van der Waals surface area contributed by atoms with Gasteiger partial charge in [0.05, 0.1) is 22.4 Å². The van der Waals surface area contributed by atoms with E-state index in [4.69, 9.17) is 16.3 Å². The van der Waals surface area contributed by atoms with Gasteiger partial charge in [-0.25, -0.2) is 4.98 Å². The fourth-order valence-electron chi connectivity index (χ4n) is 4.57. The van der Waals surface area contributed by atoms with Crippen molar-refractivity contribution in [3.8, 4) is 26.8 Å². The van der Waals surface area contributed by atoms with E-state index in [1.54, 1.807) is 11.3 Å². The van der Waals surface area contributed by atoms with Gasteiger partial charge >= 0.3 is 5.97 Å². The van der Waals surface area contributed by atoms with Crippen LogP contribution in [0.25, 0.3) is 21.0 Å². The number of aromatic nitrogens is 1. The number of carbonyl (C=O) groups is 1. The lowest BCUT2D eigenvalue weighted by Gasteiger charge is -2.26. The van der Waals surface area contributed by atoms with E-state index in [2.05, 4.69) is 24.0 Å². The summed E-state index contributed by atoms with van der Waals surface area (Å²) in [6.07, 6.45) is 7.68. The number of rotatable bonds is 6. The third kappa shape index (κ3) is 3.97. The molecular formula is C25H24ClNO3S. The number of ether oxygens (including phenoxy) is 1. The minimum atomic E-state index is -0.730. The van der Waals surface area contributed by atoms with Crippen LogP contribution in [0.4, 0.5) is 0 Å². The van der Waals surface area contributed by atoms with Crippen LogP contribution in [0.1, 0.15) is 54.7 Å². The second-order valence-corrected chi connectivity index (χ2v) is 9.92. The predicted molar refractivity (Wildman–Crippen MR) is 124 cm³/mol. The van der Waals surface area contributed by atoms with E-state index in [1.807, 2.05) is 24.4 Å². The predicted octanol–water partition coefficient (Wildman–Crippen LogP) is 6.87. The quantitative estimate of drug-likeness (QED) is 0.442. The number of benzene rings is 2. The second kappa shape index (κ2) is 8.29. The molecule has 0 aliphatic heterocycles. The summed E-state index contributed by atoms with van der Waals surface area (Å²) in [7, 11) is 0. The van der Waals surface area contributed by atoms with Gasteiger partial charge in [-0.3, -0.25) is 4.79 Å². The molecule has 2 aliphatic carbocycles. The molecule has 1 atom stereocenters. The van der Waals surface area contributed by atoms with E-state index in [0.29, 0.717) is 11.1 Å². The molecule has 0 radical (unpaired) electrons. The second-order valence-electron chi connectivity index (χ2n) is 8.48. The Kier molecular flexibility index (Phi) is 5.49.